The van der Waals surface area contributed by atoms with E-state index in [4.69, 9.17) is 4.74 Å². The van der Waals surface area contributed by atoms with Gasteiger partial charge < -0.3 is 4.74 Å². The van der Waals surface area contributed by atoms with Gasteiger partial charge in [0.2, 0.25) is 6.20 Å². The van der Waals surface area contributed by atoms with Gasteiger partial charge in [0, 0.05) is 25.2 Å². The highest BCUT2D eigenvalue weighted by Crippen LogP contribution is 2.22. The maximum Gasteiger partial charge on any atom is 0.201 e. The van der Waals surface area contributed by atoms with Gasteiger partial charge in [0.25, 0.3) is 0 Å². The largest absolute Gasteiger partial charge is 0.371 e. The van der Waals surface area contributed by atoms with Crippen molar-refractivity contribution in [3.05, 3.63) is 89.7 Å². The fourth-order valence-electron chi connectivity index (χ4n) is 3.35. The molecule has 0 bridgehead atoms. The predicted molar refractivity (Wildman–Crippen MR) is 96.9 cm³/mol. The molecule has 0 spiro atoms. The van der Waals surface area contributed by atoms with Gasteiger partial charge in [0.1, 0.15) is 6.10 Å². The summed E-state index contributed by atoms with van der Waals surface area (Å²) in [7, 11) is 0. The lowest BCUT2D eigenvalue weighted by atomic mass is 10.1. The second-order valence-electron chi connectivity index (χ2n) is 6.60. The van der Waals surface area contributed by atoms with Crippen molar-refractivity contribution in [2.24, 2.45) is 0 Å². The van der Waals surface area contributed by atoms with Crippen LogP contribution in [0, 0.1) is 0 Å². The average molecular weight is 334 g/mol. The summed E-state index contributed by atoms with van der Waals surface area (Å²) < 4.78 is 8.14. The zero-order chi connectivity index (χ0) is 16.9. The standard InChI is InChI=1S/C21H23N3O/c1-3-7-18(8-4-1)14-23-11-12-25-21(17-23)20-13-22-24(16-20)15-19-9-5-2-6-10-19/h1-10,13,16,21H,11-12,14-15,17H2/p+1. The van der Waals surface area contributed by atoms with Crippen molar-refractivity contribution in [2.75, 3.05) is 19.7 Å². The SMILES string of the molecule is c1ccc(CN2CCOC(c3c[nH][n+](Cc4ccccc4)c3)C2)cc1. The molecule has 1 atom stereocenters. The highest BCUT2D eigenvalue weighted by Gasteiger charge is 2.25. The molecule has 4 rings (SSSR count). The minimum Gasteiger partial charge on any atom is -0.371 e. The molecule has 4 nitrogen and oxygen atoms in total. The monoisotopic (exact) mass is 334 g/mol. The van der Waals surface area contributed by atoms with E-state index in [0.717, 1.165) is 32.8 Å². The molecular weight excluding hydrogens is 310 g/mol. The first kappa shape index (κ1) is 16.1. The summed E-state index contributed by atoms with van der Waals surface area (Å²) in [5, 5.41) is 3.33. The quantitative estimate of drug-likeness (QED) is 0.728. The summed E-state index contributed by atoms with van der Waals surface area (Å²) in [6.07, 6.45) is 4.37. The Morgan fingerprint density at radius 2 is 1.72 bits per heavy atom. The van der Waals surface area contributed by atoms with Gasteiger partial charge in [0.15, 0.2) is 6.54 Å². The highest BCUT2D eigenvalue weighted by atomic mass is 16.5. The molecule has 0 saturated carbocycles. The topological polar surface area (TPSA) is 32.1 Å². The molecule has 1 aliphatic rings. The molecule has 1 aromatic heterocycles. The van der Waals surface area contributed by atoms with E-state index in [1.807, 2.05) is 6.07 Å². The Balaban J connectivity index is 1.40. The van der Waals surface area contributed by atoms with E-state index in [-0.39, 0.29) is 6.10 Å². The zero-order valence-corrected chi connectivity index (χ0v) is 14.3. The first-order valence-corrected chi connectivity index (χ1v) is 8.86. The molecule has 1 aliphatic heterocycles. The van der Waals surface area contributed by atoms with Crippen LogP contribution in [0.15, 0.2) is 73.1 Å². The number of hydrogen-bond donors (Lipinski definition) is 1. The first-order chi connectivity index (χ1) is 12.4. The van der Waals surface area contributed by atoms with E-state index in [2.05, 4.69) is 81.7 Å². The van der Waals surface area contributed by atoms with Gasteiger partial charge in [-0.25, -0.2) is 0 Å². The minimum atomic E-state index is 0.130. The number of ether oxygens (including phenoxy) is 1. The van der Waals surface area contributed by atoms with Gasteiger partial charge in [-0.1, -0.05) is 60.7 Å². The van der Waals surface area contributed by atoms with Crippen molar-refractivity contribution in [3.63, 3.8) is 0 Å². The van der Waals surface area contributed by atoms with Crippen LogP contribution in [0.25, 0.3) is 0 Å². The van der Waals surface area contributed by atoms with Gasteiger partial charge in [0.05, 0.1) is 18.4 Å². The van der Waals surface area contributed by atoms with Crippen molar-refractivity contribution in [2.45, 2.75) is 19.2 Å². The maximum absolute atomic E-state index is 6.02. The van der Waals surface area contributed by atoms with Crippen molar-refractivity contribution >= 4 is 0 Å². The van der Waals surface area contributed by atoms with Gasteiger partial charge in [-0.3, -0.25) is 4.90 Å². The molecule has 128 valence electrons. The number of aromatic nitrogens is 2. The molecule has 0 aliphatic carbocycles. The number of rotatable bonds is 5. The molecule has 4 heteroatoms. The smallest absolute Gasteiger partial charge is 0.201 e. The Hall–Kier alpha value is -2.43. The maximum atomic E-state index is 6.02. The van der Waals surface area contributed by atoms with Crippen LogP contribution in [0.3, 0.4) is 0 Å². The Labute approximate surface area is 148 Å². The predicted octanol–water partition coefficient (Wildman–Crippen LogP) is 2.92. The zero-order valence-electron chi connectivity index (χ0n) is 14.3. The number of nitrogens with one attached hydrogen (secondary N) is 1. The third-order valence-corrected chi connectivity index (χ3v) is 4.67. The van der Waals surface area contributed by atoms with E-state index in [1.54, 1.807) is 0 Å². The van der Waals surface area contributed by atoms with Crippen molar-refractivity contribution < 1.29 is 9.42 Å². The Morgan fingerprint density at radius 1 is 1.00 bits per heavy atom. The van der Waals surface area contributed by atoms with E-state index in [9.17, 15) is 0 Å². The summed E-state index contributed by atoms with van der Waals surface area (Å²) in [5.41, 5.74) is 3.86. The summed E-state index contributed by atoms with van der Waals surface area (Å²) in [5.74, 6) is 0. The van der Waals surface area contributed by atoms with Crippen LogP contribution in [0.5, 0.6) is 0 Å². The lowest BCUT2D eigenvalue weighted by Gasteiger charge is -2.32. The van der Waals surface area contributed by atoms with E-state index in [1.165, 1.54) is 16.7 Å². The molecule has 25 heavy (non-hydrogen) atoms. The number of benzene rings is 2. The fraction of sp³-hybridized carbons (Fsp3) is 0.286. The third-order valence-electron chi connectivity index (χ3n) is 4.67. The molecule has 1 N–H and O–H groups in total. The Morgan fingerprint density at radius 3 is 2.48 bits per heavy atom. The van der Waals surface area contributed by atoms with Crippen molar-refractivity contribution in [1.29, 1.82) is 0 Å². The van der Waals surface area contributed by atoms with Crippen LogP contribution in [-0.4, -0.2) is 29.7 Å². The molecule has 3 aromatic rings. The van der Waals surface area contributed by atoms with E-state index in [0.29, 0.717) is 0 Å². The van der Waals surface area contributed by atoms with Crippen LogP contribution in [0.4, 0.5) is 0 Å². The molecular formula is C21H24N3O+. The number of aromatic amines is 1. The number of morpholine rings is 1. The number of H-pyrrole nitrogens is 1. The van der Waals surface area contributed by atoms with E-state index < -0.39 is 0 Å². The lowest BCUT2D eigenvalue weighted by Crippen LogP contribution is -2.38. The summed E-state index contributed by atoms with van der Waals surface area (Å²) in [6, 6.07) is 21.1. The molecule has 1 saturated heterocycles. The second kappa shape index (κ2) is 7.64. The Bertz CT molecular complexity index is 785. The van der Waals surface area contributed by atoms with Crippen LogP contribution < -0.4 is 4.68 Å². The van der Waals surface area contributed by atoms with Gasteiger partial charge in [-0.05, 0) is 5.56 Å². The fourth-order valence-corrected chi connectivity index (χ4v) is 3.35. The lowest BCUT2D eigenvalue weighted by molar-refractivity contribution is -0.742. The summed E-state index contributed by atoms with van der Waals surface area (Å²) in [4.78, 5) is 2.47. The summed E-state index contributed by atoms with van der Waals surface area (Å²) in [6.45, 7) is 4.52. The van der Waals surface area contributed by atoms with Gasteiger partial charge >= 0.3 is 0 Å². The Kier molecular flexibility index (Phi) is 4.91. The third kappa shape index (κ3) is 4.16. The van der Waals surface area contributed by atoms with Gasteiger partial charge in [-0.15, -0.1) is 4.68 Å². The number of hydrogen-bond acceptors (Lipinski definition) is 2. The second-order valence-corrected chi connectivity index (χ2v) is 6.60. The molecule has 0 amide bonds. The molecule has 2 aromatic carbocycles. The van der Waals surface area contributed by atoms with Crippen molar-refractivity contribution in [1.82, 2.24) is 10.00 Å². The van der Waals surface area contributed by atoms with Gasteiger partial charge in [-0.2, -0.15) is 5.10 Å². The van der Waals surface area contributed by atoms with Crippen LogP contribution in [0.2, 0.25) is 0 Å². The molecule has 0 radical (unpaired) electrons. The molecule has 1 unspecified atom stereocenters. The van der Waals surface area contributed by atoms with Crippen molar-refractivity contribution in [3.8, 4) is 0 Å². The highest BCUT2D eigenvalue weighted by molar-refractivity contribution is 5.15. The minimum absolute atomic E-state index is 0.130. The molecule has 2 heterocycles. The van der Waals surface area contributed by atoms with Crippen LogP contribution in [-0.2, 0) is 17.8 Å². The van der Waals surface area contributed by atoms with E-state index >= 15 is 0 Å². The normalized spacial score (nSPS) is 18.3. The van der Waals surface area contributed by atoms with Crippen LogP contribution >= 0.6 is 0 Å². The summed E-state index contributed by atoms with van der Waals surface area (Å²) >= 11 is 0. The van der Waals surface area contributed by atoms with Crippen LogP contribution in [0.1, 0.15) is 22.8 Å². The number of nitrogens with zero attached hydrogens (tertiary/aromatic N) is 2. The molecule has 1 fully saturated rings. The average Bonchev–Trinajstić information content (AvgIpc) is 3.12. The first-order valence-electron chi connectivity index (χ1n) is 8.86.